The van der Waals surface area contributed by atoms with Gasteiger partial charge in [0.05, 0.1) is 5.75 Å². The second-order valence-corrected chi connectivity index (χ2v) is 9.99. The van der Waals surface area contributed by atoms with E-state index in [0.717, 1.165) is 16.7 Å². The van der Waals surface area contributed by atoms with Crippen molar-refractivity contribution in [2.24, 2.45) is 4.99 Å². The molecule has 0 fully saturated rings. The van der Waals surface area contributed by atoms with Crippen molar-refractivity contribution >= 4 is 33.7 Å². The maximum atomic E-state index is 13.7. The van der Waals surface area contributed by atoms with Crippen LogP contribution in [0.3, 0.4) is 0 Å². The summed E-state index contributed by atoms with van der Waals surface area (Å²) in [5.41, 5.74) is 3.31. The van der Waals surface area contributed by atoms with E-state index in [1.54, 1.807) is 24.8 Å². The summed E-state index contributed by atoms with van der Waals surface area (Å²) in [4.78, 5) is 10.4. The zero-order valence-electron chi connectivity index (χ0n) is 17.6. The van der Waals surface area contributed by atoms with E-state index in [1.165, 1.54) is 3.97 Å². The molecule has 1 unspecified atom stereocenters. The van der Waals surface area contributed by atoms with Crippen molar-refractivity contribution in [2.45, 2.75) is 17.9 Å². The van der Waals surface area contributed by atoms with Gasteiger partial charge in [-0.3, -0.25) is 9.98 Å². The van der Waals surface area contributed by atoms with Crippen molar-refractivity contribution in [3.8, 4) is 11.1 Å². The third-order valence-corrected chi connectivity index (χ3v) is 7.44. The monoisotopic (exact) mass is 476 g/mol. The number of hydrogen-bond acceptors (Lipinski definition) is 5. The lowest BCUT2D eigenvalue weighted by atomic mass is 10.1. The van der Waals surface area contributed by atoms with Crippen molar-refractivity contribution in [1.29, 1.82) is 0 Å². The first-order chi connectivity index (χ1) is 16.0. The molecule has 33 heavy (non-hydrogen) atoms. The van der Waals surface area contributed by atoms with Crippen LogP contribution in [-0.2, 0) is 22.3 Å². The van der Waals surface area contributed by atoms with Gasteiger partial charge in [0, 0.05) is 42.5 Å². The maximum Gasteiger partial charge on any atom is 0.244 e. The Morgan fingerprint density at radius 1 is 0.879 bits per heavy atom. The van der Waals surface area contributed by atoms with Gasteiger partial charge >= 0.3 is 0 Å². The van der Waals surface area contributed by atoms with E-state index in [-0.39, 0.29) is 5.75 Å². The quantitative estimate of drug-likeness (QED) is 0.293. The average Bonchev–Trinajstić information content (AvgIpc) is 3.23. The number of fused-ring (bicyclic) bond motifs is 1. The second kappa shape index (κ2) is 8.84. The van der Waals surface area contributed by atoms with E-state index >= 15 is 0 Å². The van der Waals surface area contributed by atoms with Gasteiger partial charge in [-0.1, -0.05) is 72.3 Å². The van der Waals surface area contributed by atoms with Crippen LogP contribution in [0, 0.1) is 0 Å². The molecule has 6 nitrogen and oxygen atoms in total. The Morgan fingerprint density at radius 3 is 2.18 bits per heavy atom. The average molecular weight is 477 g/mol. The number of anilines is 1. The number of pyridine rings is 1. The number of nitrogens with zero attached hydrogens (tertiary/aromatic N) is 4. The summed E-state index contributed by atoms with van der Waals surface area (Å²) >= 11 is 6.61. The minimum Gasteiger partial charge on any atom is -0.318 e. The first-order valence-electron chi connectivity index (χ1n) is 10.4. The first kappa shape index (κ1) is 21.4. The van der Waals surface area contributed by atoms with E-state index in [2.05, 4.69) is 9.98 Å². The fourth-order valence-corrected chi connectivity index (χ4v) is 5.67. The van der Waals surface area contributed by atoms with Crippen LogP contribution in [0.4, 0.5) is 5.82 Å². The van der Waals surface area contributed by atoms with E-state index in [4.69, 9.17) is 11.6 Å². The van der Waals surface area contributed by atoms with Crippen molar-refractivity contribution in [3.05, 3.63) is 108 Å². The van der Waals surface area contributed by atoms with Crippen molar-refractivity contribution < 1.29 is 8.42 Å². The topological polar surface area (TPSA) is 67.6 Å². The lowest BCUT2D eigenvalue weighted by Crippen LogP contribution is -2.35. The molecule has 3 heterocycles. The summed E-state index contributed by atoms with van der Waals surface area (Å²) in [7, 11) is -3.75. The standard InChI is InChI=1S/C25H21ClN4O2S/c26-25-28-15-22-23(21-11-13-27-14-12-21)17-30(33(31,32)18-20-9-5-2-6-10-20)24(22)29(25)16-19-7-3-1-4-8-19/h1-15,17,25H,16,18H2. The molecule has 0 saturated heterocycles. The van der Waals surface area contributed by atoms with Gasteiger partial charge in [-0.15, -0.1) is 0 Å². The lowest BCUT2D eigenvalue weighted by molar-refractivity contribution is 0.585. The van der Waals surface area contributed by atoms with Crippen LogP contribution in [0.25, 0.3) is 11.1 Å². The molecule has 1 atom stereocenters. The Bertz CT molecular complexity index is 1390. The number of halogens is 1. The molecular weight excluding hydrogens is 456 g/mol. The lowest BCUT2D eigenvalue weighted by Gasteiger charge is -2.31. The summed E-state index contributed by atoms with van der Waals surface area (Å²) in [5.74, 6) is 0.380. The molecule has 2 aromatic carbocycles. The SMILES string of the molecule is O=S(=O)(Cc1ccccc1)n1cc(-c2ccncc2)c2c1N(Cc1ccccc1)C(Cl)N=C2. The second-order valence-electron chi connectivity index (χ2n) is 7.76. The normalized spacial score (nSPS) is 15.4. The summed E-state index contributed by atoms with van der Waals surface area (Å²) in [5, 5.41) is 0. The molecule has 8 heteroatoms. The molecule has 0 N–H and O–H groups in total. The molecule has 0 amide bonds. The highest BCUT2D eigenvalue weighted by Crippen LogP contribution is 2.39. The Hall–Kier alpha value is -3.42. The van der Waals surface area contributed by atoms with E-state index in [1.807, 2.05) is 77.7 Å². The molecule has 1 aliphatic rings. The summed E-state index contributed by atoms with van der Waals surface area (Å²) in [6.07, 6.45) is 6.70. The summed E-state index contributed by atoms with van der Waals surface area (Å²) in [6.45, 7) is 0.417. The highest BCUT2D eigenvalue weighted by molar-refractivity contribution is 7.89. The van der Waals surface area contributed by atoms with Crippen molar-refractivity contribution in [1.82, 2.24) is 8.96 Å². The molecule has 166 valence electrons. The predicted octanol–water partition coefficient (Wildman–Crippen LogP) is 4.89. The number of rotatable bonds is 6. The van der Waals surface area contributed by atoms with E-state index in [0.29, 0.717) is 23.5 Å². The molecule has 0 spiro atoms. The third-order valence-electron chi connectivity index (χ3n) is 5.52. The molecule has 0 bridgehead atoms. The van der Waals surface area contributed by atoms with E-state index < -0.39 is 15.6 Å². The van der Waals surface area contributed by atoms with Crippen molar-refractivity contribution in [2.75, 3.05) is 4.90 Å². The number of aliphatic imine (C=N–C) groups is 1. The molecule has 4 aromatic rings. The van der Waals surface area contributed by atoms with Crippen LogP contribution in [0.15, 0.2) is 96.4 Å². The van der Waals surface area contributed by atoms with Gasteiger partial charge in [-0.2, -0.15) is 0 Å². The Balaban J connectivity index is 1.67. The van der Waals surface area contributed by atoms with Crippen LogP contribution in [0.5, 0.6) is 0 Å². The fourth-order valence-electron chi connectivity index (χ4n) is 3.97. The maximum absolute atomic E-state index is 13.7. The van der Waals surface area contributed by atoms with Crippen LogP contribution < -0.4 is 4.90 Å². The molecule has 0 radical (unpaired) electrons. The van der Waals surface area contributed by atoms with Crippen LogP contribution in [-0.4, -0.2) is 29.2 Å². The molecule has 1 aliphatic heterocycles. The molecule has 5 rings (SSSR count). The van der Waals surface area contributed by atoms with Gasteiger partial charge in [0.2, 0.25) is 10.0 Å². The number of aromatic nitrogens is 2. The largest absolute Gasteiger partial charge is 0.318 e. The Labute approximate surface area is 197 Å². The van der Waals surface area contributed by atoms with Gasteiger partial charge in [0.15, 0.2) is 5.62 Å². The van der Waals surface area contributed by atoms with Crippen molar-refractivity contribution in [3.63, 3.8) is 0 Å². The van der Waals surface area contributed by atoms with E-state index in [9.17, 15) is 8.42 Å². The number of benzene rings is 2. The highest BCUT2D eigenvalue weighted by atomic mass is 35.5. The zero-order valence-corrected chi connectivity index (χ0v) is 19.2. The third kappa shape index (κ3) is 4.29. The van der Waals surface area contributed by atoms with Gasteiger partial charge in [-0.05, 0) is 28.8 Å². The summed E-state index contributed by atoms with van der Waals surface area (Å²) < 4.78 is 28.7. The Kier molecular flexibility index (Phi) is 5.74. The zero-order chi connectivity index (χ0) is 22.8. The fraction of sp³-hybridized carbons (Fsp3) is 0.120. The first-order valence-corrected chi connectivity index (χ1v) is 12.5. The Morgan fingerprint density at radius 2 is 1.52 bits per heavy atom. The smallest absolute Gasteiger partial charge is 0.244 e. The number of alkyl halides is 1. The molecule has 0 aliphatic carbocycles. The molecule has 0 saturated carbocycles. The van der Waals surface area contributed by atoms with Gasteiger partial charge in [0.25, 0.3) is 0 Å². The molecular formula is C25H21ClN4O2S. The minimum absolute atomic E-state index is 0.131. The van der Waals surface area contributed by atoms with Gasteiger partial charge in [-0.25, -0.2) is 12.4 Å². The van der Waals surface area contributed by atoms with Crippen LogP contribution in [0.2, 0.25) is 0 Å². The molecule has 2 aromatic heterocycles. The summed E-state index contributed by atoms with van der Waals surface area (Å²) in [6, 6.07) is 22.7. The van der Waals surface area contributed by atoms with Crippen LogP contribution >= 0.6 is 11.6 Å². The van der Waals surface area contributed by atoms with Crippen LogP contribution in [0.1, 0.15) is 16.7 Å². The number of hydrogen-bond donors (Lipinski definition) is 0. The van der Waals surface area contributed by atoms with Gasteiger partial charge < -0.3 is 4.90 Å². The van der Waals surface area contributed by atoms with Gasteiger partial charge in [0.1, 0.15) is 5.82 Å². The predicted molar refractivity (Wildman–Crippen MR) is 132 cm³/mol. The minimum atomic E-state index is -3.75. The highest BCUT2D eigenvalue weighted by Gasteiger charge is 2.32.